The third kappa shape index (κ3) is 2.75. The van der Waals surface area contributed by atoms with E-state index >= 15 is 0 Å². The zero-order chi connectivity index (χ0) is 22.2. The van der Waals surface area contributed by atoms with Crippen molar-refractivity contribution in [3.8, 4) is 22.6 Å². The van der Waals surface area contributed by atoms with E-state index in [1.807, 2.05) is 12.4 Å². The van der Waals surface area contributed by atoms with E-state index in [0.29, 0.717) is 18.3 Å². The second-order valence-corrected chi connectivity index (χ2v) is 10.2. The normalized spacial score (nSPS) is 25.0. The predicted octanol–water partition coefficient (Wildman–Crippen LogP) is 5.67. The molecule has 5 heterocycles. The molecule has 2 aromatic carbocycles. The van der Waals surface area contributed by atoms with Crippen LogP contribution in [0.1, 0.15) is 45.4 Å². The highest BCUT2D eigenvalue weighted by Gasteiger charge is 2.55. The van der Waals surface area contributed by atoms with Crippen molar-refractivity contribution >= 4 is 21.8 Å². The summed E-state index contributed by atoms with van der Waals surface area (Å²) < 4.78 is 6.28. The van der Waals surface area contributed by atoms with Gasteiger partial charge < -0.3 is 9.40 Å². The SMILES string of the molecule is CC12CCC(C)(CC1)N2Cc1nnc(-c2cc(-c3cccc4[nH]ccc34)cc3[nH]ncc23)o1. The number of hydrogen-bond acceptors (Lipinski definition) is 5. The van der Waals surface area contributed by atoms with E-state index in [1.165, 1.54) is 31.1 Å². The van der Waals surface area contributed by atoms with Gasteiger partial charge in [-0.25, -0.2) is 0 Å². The molecule has 2 aliphatic heterocycles. The molecule has 33 heavy (non-hydrogen) atoms. The van der Waals surface area contributed by atoms with Crippen molar-refractivity contribution in [3.63, 3.8) is 0 Å². The summed E-state index contributed by atoms with van der Waals surface area (Å²) in [7, 11) is 0. The molecule has 166 valence electrons. The number of fused-ring (bicyclic) bond motifs is 4. The Hall–Kier alpha value is -3.45. The van der Waals surface area contributed by atoms with Crippen LogP contribution in [-0.2, 0) is 6.54 Å². The van der Waals surface area contributed by atoms with Gasteiger partial charge in [-0.2, -0.15) is 5.10 Å². The molecule has 2 aliphatic rings. The molecule has 3 aromatic heterocycles. The number of aromatic amines is 2. The molecule has 7 heteroatoms. The lowest BCUT2D eigenvalue weighted by Crippen LogP contribution is -2.43. The minimum Gasteiger partial charge on any atom is -0.419 e. The topological polar surface area (TPSA) is 86.6 Å². The van der Waals surface area contributed by atoms with Gasteiger partial charge >= 0.3 is 0 Å². The smallest absolute Gasteiger partial charge is 0.248 e. The first-order valence-electron chi connectivity index (χ1n) is 11.7. The van der Waals surface area contributed by atoms with Gasteiger partial charge in [0.2, 0.25) is 11.8 Å². The van der Waals surface area contributed by atoms with Gasteiger partial charge in [-0.1, -0.05) is 12.1 Å². The van der Waals surface area contributed by atoms with Crippen LogP contribution < -0.4 is 0 Å². The van der Waals surface area contributed by atoms with Crippen LogP contribution in [0.5, 0.6) is 0 Å². The van der Waals surface area contributed by atoms with Gasteiger partial charge in [0, 0.05) is 33.6 Å². The summed E-state index contributed by atoms with van der Waals surface area (Å²) in [5, 5.41) is 18.5. The number of H-pyrrole nitrogens is 2. The highest BCUT2D eigenvalue weighted by molar-refractivity contribution is 6.01. The van der Waals surface area contributed by atoms with Crippen molar-refractivity contribution < 1.29 is 4.42 Å². The fraction of sp³-hybridized carbons (Fsp3) is 0.346. The van der Waals surface area contributed by atoms with Crippen molar-refractivity contribution in [1.29, 1.82) is 0 Å². The Morgan fingerprint density at radius 1 is 0.939 bits per heavy atom. The van der Waals surface area contributed by atoms with E-state index in [1.54, 1.807) is 0 Å². The first-order valence-corrected chi connectivity index (χ1v) is 11.7. The molecular weight excluding hydrogens is 412 g/mol. The van der Waals surface area contributed by atoms with E-state index in [0.717, 1.165) is 33.1 Å². The van der Waals surface area contributed by atoms with Crippen LogP contribution in [0.3, 0.4) is 0 Å². The summed E-state index contributed by atoms with van der Waals surface area (Å²) in [6.45, 7) is 5.46. The summed E-state index contributed by atoms with van der Waals surface area (Å²) in [5.41, 5.74) is 5.70. The largest absolute Gasteiger partial charge is 0.419 e. The second-order valence-electron chi connectivity index (χ2n) is 10.2. The fourth-order valence-corrected chi connectivity index (χ4v) is 6.18. The van der Waals surface area contributed by atoms with Crippen molar-refractivity contribution in [2.24, 2.45) is 0 Å². The Balaban J connectivity index is 1.30. The number of hydrogen-bond donors (Lipinski definition) is 2. The Morgan fingerprint density at radius 3 is 2.58 bits per heavy atom. The summed E-state index contributed by atoms with van der Waals surface area (Å²) in [5.74, 6) is 1.22. The van der Waals surface area contributed by atoms with Gasteiger partial charge in [0.25, 0.3) is 0 Å². The molecule has 0 amide bonds. The van der Waals surface area contributed by atoms with Gasteiger partial charge in [0.05, 0.1) is 23.8 Å². The highest BCUT2D eigenvalue weighted by Crippen LogP contribution is 2.53. The monoisotopic (exact) mass is 438 g/mol. The van der Waals surface area contributed by atoms with E-state index < -0.39 is 0 Å². The van der Waals surface area contributed by atoms with Crippen LogP contribution in [-0.4, -0.2) is 41.4 Å². The number of rotatable bonds is 4. The lowest BCUT2D eigenvalue weighted by Gasteiger charge is -2.34. The van der Waals surface area contributed by atoms with Gasteiger partial charge in [-0.05, 0) is 74.9 Å². The Morgan fingerprint density at radius 2 is 1.76 bits per heavy atom. The summed E-state index contributed by atoms with van der Waals surface area (Å²) >= 11 is 0. The maximum atomic E-state index is 6.28. The number of aromatic nitrogens is 5. The van der Waals surface area contributed by atoms with E-state index in [2.05, 4.69) is 80.5 Å². The summed E-state index contributed by atoms with van der Waals surface area (Å²) in [4.78, 5) is 5.89. The average molecular weight is 439 g/mol. The number of nitrogens with zero attached hydrogens (tertiary/aromatic N) is 4. The summed E-state index contributed by atoms with van der Waals surface area (Å²) in [6, 6.07) is 12.7. The Bertz CT molecular complexity index is 1480. The Labute approximate surface area is 191 Å². The number of nitrogens with one attached hydrogen (secondary N) is 2. The predicted molar refractivity (Wildman–Crippen MR) is 127 cm³/mol. The van der Waals surface area contributed by atoms with Crippen LogP contribution >= 0.6 is 0 Å². The molecule has 0 radical (unpaired) electrons. The molecule has 0 atom stereocenters. The molecule has 0 saturated carbocycles. The van der Waals surface area contributed by atoms with Crippen LogP contribution in [0.25, 0.3) is 44.4 Å². The molecule has 2 N–H and O–H groups in total. The van der Waals surface area contributed by atoms with Crippen molar-refractivity contribution in [1.82, 2.24) is 30.3 Å². The average Bonchev–Trinajstić information content (AvgIpc) is 3.63. The van der Waals surface area contributed by atoms with Crippen LogP contribution in [0, 0.1) is 0 Å². The minimum absolute atomic E-state index is 0.246. The quantitative estimate of drug-likeness (QED) is 0.378. The van der Waals surface area contributed by atoms with E-state index in [4.69, 9.17) is 4.42 Å². The molecule has 7 rings (SSSR count). The maximum Gasteiger partial charge on any atom is 0.248 e. The maximum absolute atomic E-state index is 6.28. The van der Waals surface area contributed by atoms with Crippen molar-refractivity contribution in [2.45, 2.75) is 57.2 Å². The lowest BCUT2D eigenvalue weighted by atomic mass is 9.84. The Kier molecular flexibility index (Phi) is 3.78. The molecule has 7 nitrogen and oxygen atoms in total. The third-order valence-corrected chi connectivity index (χ3v) is 8.16. The van der Waals surface area contributed by atoms with E-state index in [-0.39, 0.29) is 11.1 Å². The minimum atomic E-state index is 0.246. The van der Waals surface area contributed by atoms with Crippen molar-refractivity contribution in [2.75, 3.05) is 0 Å². The molecule has 2 bridgehead atoms. The first-order chi connectivity index (χ1) is 16.0. The van der Waals surface area contributed by atoms with Gasteiger partial charge in [-0.15, -0.1) is 10.2 Å². The fourth-order valence-electron chi connectivity index (χ4n) is 6.18. The van der Waals surface area contributed by atoms with Gasteiger partial charge in [0.1, 0.15) is 0 Å². The molecule has 0 unspecified atom stereocenters. The van der Waals surface area contributed by atoms with Crippen LogP contribution in [0.15, 0.2) is 53.2 Å². The highest BCUT2D eigenvalue weighted by atomic mass is 16.4. The number of benzene rings is 2. The summed E-state index contributed by atoms with van der Waals surface area (Å²) in [6.07, 6.45) is 8.78. The molecule has 2 saturated heterocycles. The zero-order valence-electron chi connectivity index (χ0n) is 18.9. The second kappa shape index (κ2) is 6.54. The zero-order valence-corrected chi connectivity index (χ0v) is 18.9. The van der Waals surface area contributed by atoms with Crippen LogP contribution in [0.4, 0.5) is 0 Å². The van der Waals surface area contributed by atoms with Crippen molar-refractivity contribution in [3.05, 3.63) is 54.7 Å². The van der Waals surface area contributed by atoms with Gasteiger partial charge in [-0.3, -0.25) is 10.00 Å². The lowest BCUT2D eigenvalue weighted by molar-refractivity contribution is 0.0991. The molecule has 0 spiro atoms. The van der Waals surface area contributed by atoms with Crippen LogP contribution in [0.2, 0.25) is 0 Å². The third-order valence-electron chi connectivity index (χ3n) is 8.16. The standard InChI is InChI=1S/C26H26N6O/c1-25-7-9-26(2,10-8-25)32(25)15-23-30-31-24(33-23)19-12-16(13-22-20(19)14-28-29-22)17-4-3-5-21-18(17)6-11-27-21/h3-6,11-14,27H,7-10,15H2,1-2H3,(H,28,29). The molecule has 5 aromatic rings. The molecular formula is C26H26N6O. The van der Waals surface area contributed by atoms with Gasteiger partial charge in [0.15, 0.2) is 0 Å². The van der Waals surface area contributed by atoms with E-state index in [9.17, 15) is 0 Å². The first kappa shape index (κ1) is 19.1. The molecule has 2 fully saturated rings. The molecule has 0 aliphatic carbocycles.